The minimum Gasteiger partial charge on any atom is -1.00 e. The smallest absolute Gasteiger partial charge is 1.00 e. The second-order valence-corrected chi connectivity index (χ2v) is 4.55. The summed E-state index contributed by atoms with van der Waals surface area (Å²) in [4.78, 5) is 32.2. The number of carboxylic acids is 1. The van der Waals surface area contributed by atoms with Crippen molar-refractivity contribution < 1.29 is 131 Å². The molecule has 144 valence electrons. The van der Waals surface area contributed by atoms with Crippen molar-refractivity contribution in [1.29, 1.82) is 0 Å². The Morgan fingerprint density at radius 1 is 0.960 bits per heavy atom. The minimum atomic E-state index is -4.89. The van der Waals surface area contributed by atoms with Gasteiger partial charge in [0.15, 0.2) is 0 Å². The molecule has 4 atom stereocenters. The number of aliphatic carboxylic acids is 1. The maximum atomic E-state index is 9.24. The summed E-state index contributed by atoms with van der Waals surface area (Å²) in [6.45, 7) is -1.73. The van der Waals surface area contributed by atoms with Crippen molar-refractivity contribution in [1.82, 2.24) is 0 Å². The van der Waals surface area contributed by atoms with Gasteiger partial charge in [-0.3, -0.25) is 9.36 Å². The van der Waals surface area contributed by atoms with E-state index in [4.69, 9.17) is 55.0 Å². The van der Waals surface area contributed by atoms with E-state index in [1.165, 1.54) is 0 Å². The number of nitrogens with two attached hydrogens (primary N) is 1. The summed E-state index contributed by atoms with van der Waals surface area (Å²) in [6.07, 6.45) is -6.39. The molecule has 0 aliphatic rings. The monoisotopic (exact) mass is 435 g/mol. The third-order valence-electron chi connectivity index (χ3n) is 1.69. The van der Waals surface area contributed by atoms with Crippen molar-refractivity contribution in [2.24, 2.45) is 5.73 Å². The summed E-state index contributed by atoms with van der Waals surface area (Å²) in [6, 6.07) is 0. The zero-order valence-electron chi connectivity index (χ0n) is 13.6. The Morgan fingerprint density at radius 2 is 1.12 bits per heavy atom. The Hall–Kier alpha value is 1.59. The number of hydrogen-bond acceptors (Lipinski definition) is 10. The van der Waals surface area contributed by atoms with Gasteiger partial charge < -0.3 is 68.6 Å². The fraction of sp³-hybridized carbons (Fsp3) is 0.875. The molecular formula is C8H21ClNNa2O12P. The minimum absolute atomic E-state index is 0. The van der Waals surface area contributed by atoms with E-state index >= 15 is 0 Å². The van der Waals surface area contributed by atoms with Gasteiger partial charge in [0.25, 0.3) is 7.82 Å². The van der Waals surface area contributed by atoms with Gasteiger partial charge in [-0.05, 0) is 0 Å². The Balaban J connectivity index is -0.0000000592. The number of aliphatic hydroxyl groups excluding tert-OH is 6. The summed E-state index contributed by atoms with van der Waals surface area (Å²) >= 11 is 0. The molecule has 0 aliphatic heterocycles. The van der Waals surface area contributed by atoms with Crippen molar-refractivity contribution in [2.45, 2.75) is 24.4 Å². The topological polar surface area (TPSA) is 265 Å². The molecule has 0 amide bonds. The summed E-state index contributed by atoms with van der Waals surface area (Å²) < 4.78 is 8.77. The van der Waals surface area contributed by atoms with Gasteiger partial charge in [-0.15, -0.1) is 0 Å². The van der Waals surface area contributed by atoms with Gasteiger partial charge in [-0.2, -0.15) is 0 Å². The average molecular weight is 436 g/mol. The standard InChI is InChI=1S/C6H14O6.C2H5NO2.ClH.2Na.H3O4P/c7-1-3(9)5(11)6(12)4(10)2-8;3-1-2(4)5;;;;1-5(2,3)4/h3-12H,1-2H2;1,3H2,(H,4,5);1H;;;(H3,1,2,3,4)/q;;;2*+1;/p-2. The first-order valence-electron chi connectivity index (χ1n) is 5.44. The molecule has 0 bridgehead atoms. The summed E-state index contributed by atoms with van der Waals surface area (Å²) in [5.74, 6) is -0.968. The zero-order valence-corrected chi connectivity index (χ0v) is 19.2. The number of carbonyl (C=O) groups is 1. The molecule has 0 aliphatic carbocycles. The normalized spacial score (nSPS) is 14.2. The van der Waals surface area contributed by atoms with Crippen molar-refractivity contribution in [2.75, 3.05) is 19.8 Å². The van der Waals surface area contributed by atoms with E-state index < -0.39 is 51.4 Å². The summed E-state index contributed by atoms with van der Waals surface area (Å²) in [5, 5.41) is 59.8. The van der Waals surface area contributed by atoms with Crippen LogP contribution in [0, 0.1) is 0 Å². The molecular weight excluding hydrogens is 414 g/mol. The fourth-order valence-electron chi connectivity index (χ4n) is 0.671. The van der Waals surface area contributed by atoms with E-state index in [9.17, 15) is 4.79 Å². The molecule has 25 heavy (non-hydrogen) atoms. The molecule has 11 N–H and O–H groups in total. The Morgan fingerprint density at radius 3 is 1.20 bits per heavy atom. The SMILES string of the molecule is NCC(=O)O.O=P([O-])(O)O.OCC(O)C(O)C(O)C(O)CO.[Cl-].[Na+].[Na+]. The van der Waals surface area contributed by atoms with E-state index in [-0.39, 0.29) is 78.1 Å². The van der Waals surface area contributed by atoms with Gasteiger partial charge in [0.2, 0.25) is 0 Å². The van der Waals surface area contributed by atoms with E-state index in [1.54, 1.807) is 0 Å². The molecule has 0 spiro atoms. The van der Waals surface area contributed by atoms with Crippen LogP contribution in [-0.4, -0.2) is 95.7 Å². The third kappa shape index (κ3) is 37.1. The first-order chi connectivity index (χ1) is 9.81. The molecule has 0 saturated carbocycles. The van der Waals surface area contributed by atoms with Crippen LogP contribution in [0.2, 0.25) is 0 Å². The first kappa shape index (κ1) is 41.1. The van der Waals surface area contributed by atoms with Crippen LogP contribution < -0.4 is 82.1 Å². The van der Waals surface area contributed by atoms with Gasteiger partial charge in [0.1, 0.15) is 24.4 Å². The molecule has 17 heteroatoms. The molecule has 4 unspecified atom stereocenters. The average Bonchev–Trinajstić information content (AvgIpc) is 2.42. The zero-order chi connectivity index (χ0) is 18.5. The molecule has 0 radical (unpaired) electrons. The second-order valence-electron chi connectivity index (χ2n) is 3.57. The summed E-state index contributed by atoms with van der Waals surface area (Å²) in [5.41, 5.74) is 4.57. The van der Waals surface area contributed by atoms with Crippen molar-refractivity contribution >= 4 is 13.8 Å². The van der Waals surface area contributed by atoms with Gasteiger partial charge >= 0.3 is 65.1 Å². The number of carboxylic acid groups (broad SMARTS) is 1. The van der Waals surface area contributed by atoms with Gasteiger partial charge in [-0.25, -0.2) is 0 Å². The molecule has 0 aromatic carbocycles. The van der Waals surface area contributed by atoms with E-state index in [1.807, 2.05) is 0 Å². The van der Waals surface area contributed by atoms with Crippen LogP contribution in [0.1, 0.15) is 0 Å². The van der Waals surface area contributed by atoms with E-state index in [2.05, 4.69) is 5.73 Å². The van der Waals surface area contributed by atoms with E-state index in [0.29, 0.717) is 0 Å². The predicted molar refractivity (Wildman–Crippen MR) is 66.9 cm³/mol. The van der Waals surface area contributed by atoms with Crippen LogP contribution in [0.5, 0.6) is 0 Å². The van der Waals surface area contributed by atoms with Crippen LogP contribution in [0.15, 0.2) is 0 Å². The number of aliphatic hydroxyl groups is 6. The molecule has 13 nitrogen and oxygen atoms in total. The van der Waals surface area contributed by atoms with Gasteiger partial charge in [-0.1, -0.05) is 0 Å². The van der Waals surface area contributed by atoms with Gasteiger partial charge in [0.05, 0.1) is 19.8 Å². The molecule has 0 aromatic rings. The number of phosphoric acid groups is 1. The molecule has 0 fully saturated rings. The molecule has 0 saturated heterocycles. The Kier molecular flexibility index (Phi) is 38.8. The van der Waals surface area contributed by atoms with Crippen molar-refractivity contribution in [3.63, 3.8) is 0 Å². The molecule has 0 rings (SSSR count). The molecule has 0 aromatic heterocycles. The van der Waals surface area contributed by atoms with Crippen LogP contribution in [0.3, 0.4) is 0 Å². The van der Waals surface area contributed by atoms with Crippen molar-refractivity contribution in [3.8, 4) is 0 Å². The molecule has 0 heterocycles. The Bertz CT molecular complexity index is 316. The van der Waals surface area contributed by atoms with Crippen LogP contribution in [-0.2, 0) is 9.36 Å². The number of hydrogen-bond donors (Lipinski definition) is 10. The van der Waals surface area contributed by atoms with Crippen LogP contribution >= 0.6 is 7.82 Å². The third-order valence-corrected chi connectivity index (χ3v) is 1.69. The maximum Gasteiger partial charge on any atom is 1.00 e. The first-order valence-corrected chi connectivity index (χ1v) is 6.97. The largest absolute Gasteiger partial charge is 1.00 e. The quantitative estimate of drug-likeness (QED) is 0.137. The van der Waals surface area contributed by atoms with Crippen molar-refractivity contribution in [3.05, 3.63) is 0 Å². The summed E-state index contributed by atoms with van der Waals surface area (Å²) in [7, 11) is -4.89. The van der Waals surface area contributed by atoms with Crippen LogP contribution in [0.4, 0.5) is 0 Å². The number of rotatable bonds is 6. The Labute approximate surface area is 193 Å². The van der Waals surface area contributed by atoms with E-state index in [0.717, 1.165) is 0 Å². The van der Waals surface area contributed by atoms with Crippen LogP contribution in [0.25, 0.3) is 0 Å². The number of halogens is 1. The van der Waals surface area contributed by atoms with Gasteiger partial charge in [0, 0.05) is 0 Å². The maximum absolute atomic E-state index is 9.24. The second kappa shape index (κ2) is 23.6. The predicted octanol–water partition coefficient (Wildman–Crippen LogP) is -15.1. The fourth-order valence-corrected chi connectivity index (χ4v) is 0.671.